The van der Waals surface area contributed by atoms with Crippen LogP contribution in [0.2, 0.25) is 0 Å². The van der Waals surface area contributed by atoms with Crippen molar-refractivity contribution < 1.29 is 4.74 Å². The third-order valence-corrected chi connectivity index (χ3v) is 2.96. The summed E-state index contributed by atoms with van der Waals surface area (Å²) < 4.78 is 5.52. The van der Waals surface area contributed by atoms with E-state index in [1.165, 1.54) is 32.1 Å². The van der Waals surface area contributed by atoms with E-state index in [0.29, 0.717) is 6.04 Å². The van der Waals surface area contributed by atoms with Crippen molar-refractivity contribution in [3.05, 3.63) is 0 Å². The van der Waals surface area contributed by atoms with Gasteiger partial charge in [-0.1, -0.05) is 26.2 Å². The second kappa shape index (κ2) is 6.39. The van der Waals surface area contributed by atoms with Gasteiger partial charge in [0.25, 0.3) is 0 Å². The Labute approximate surface area is 81.8 Å². The molecule has 0 radical (unpaired) electrons. The van der Waals surface area contributed by atoms with Gasteiger partial charge in [-0.05, 0) is 25.2 Å². The average molecular weight is 185 g/mol. The summed E-state index contributed by atoms with van der Waals surface area (Å²) in [6, 6.07) is 0.291. The molecule has 0 heterocycles. The monoisotopic (exact) mass is 185 g/mol. The average Bonchev–Trinajstić information content (AvgIpc) is 2.65. The van der Waals surface area contributed by atoms with E-state index in [4.69, 9.17) is 10.5 Å². The predicted molar refractivity (Wildman–Crippen MR) is 55.7 cm³/mol. The van der Waals surface area contributed by atoms with Crippen LogP contribution in [-0.4, -0.2) is 19.3 Å². The molecular weight excluding hydrogens is 162 g/mol. The molecule has 1 aliphatic rings. The minimum atomic E-state index is 0.291. The molecule has 0 aromatic heterocycles. The van der Waals surface area contributed by atoms with E-state index in [9.17, 15) is 0 Å². The number of nitrogens with two attached hydrogens (primary N) is 1. The Bertz CT molecular complexity index is 121. The fourth-order valence-electron chi connectivity index (χ4n) is 1.99. The Morgan fingerprint density at radius 1 is 1.38 bits per heavy atom. The van der Waals surface area contributed by atoms with Crippen molar-refractivity contribution in [3.63, 3.8) is 0 Å². The van der Waals surface area contributed by atoms with Crippen LogP contribution in [-0.2, 0) is 4.74 Å². The largest absolute Gasteiger partial charge is 0.380 e. The van der Waals surface area contributed by atoms with E-state index in [2.05, 4.69) is 6.92 Å². The molecule has 0 aromatic carbocycles. The SMILES string of the molecule is CCCCOCC(N)C1CCCC1. The van der Waals surface area contributed by atoms with Crippen LogP contribution in [0.5, 0.6) is 0 Å². The van der Waals surface area contributed by atoms with Crippen molar-refractivity contribution in [3.8, 4) is 0 Å². The topological polar surface area (TPSA) is 35.2 Å². The summed E-state index contributed by atoms with van der Waals surface area (Å²) in [5.41, 5.74) is 6.04. The van der Waals surface area contributed by atoms with Gasteiger partial charge in [-0.25, -0.2) is 0 Å². The highest BCUT2D eigenvalue weighted by molar-refractivity contribution is 4.77. The van der Waals surface area contributed by atoms with Gasteiger partial charge in [0.1, 0.15) is 0 Å². The van der Waals surface area contributed by atoms with E-state index in [-0.39, 0.29) is 0 Å². The fourth-order valence-corrected chi connectivity index (χ4v) is 1.99. The minimum Gasteiger partial charge on any atom is -0.380 e. The van der Waals surface area contributed by atoms with Crippen LogP contribution in [0.4, 0.5) is 0 Å². The quantitative estimate of drug-likeness (QED) is 0.644. The highest BCUT2D eigenvalue weighted by atomic mass is 16.5. The first-order valence-electron chi connectivity index (χ1n) is 5.68. The molecule has 78 valence electrons. The maximum absolute atomic E-state index is 6.04. The minimum absolute atomic E-state index is 0.291. The first-order chi connectivity index (χ1) is 6.34. The summed E-state index contributed by atoms with van der Waals surface area (Å²) in [7, 11) is 0. The summed E-state index contributed by atoms with van der Waals surface area (Å²) >= 11 is 0. The normalized spacial score (nSPS) is 20.8. The Balaban J connectivity index is 1.99. The summed E-state index contributed by atoms with van der Waals surface area (Å²) in [5, 5.41) is 0. The summed E-state index contributed by atoms with van der Waals surface area (Å²) in [6.07, 6.45) is 7.74. The standard InChI is InChI=1S/C11H23NO/c1-2-3-8-13-9-11(12)10-6-4-5-7-10/h10-11H,2-9,12H2,1H3. The smallest absolute Gasteiger partial charge is 0.0620 e. The molecule has 0 saturated heterocycles. The molecule has 1 fully saturated rings. The Morgan fingerprint density at radius 3 is 2.69 bits per heavy atom. The summed E-state index contributed by atoms with van der Waals surface area (Å²) in [6.45, 7) is 3.84. The first kappa shape index (κ1) is 11.0. The van der Waals surface area contributed by atoms with Crippen LogP contribution in [0, 0.1) is 5.92 Å². The maximum Gasteiger partial charge on any atom is 0.0620 e. The van der Waals surface area contributed by atoms with Crippen LogP contribution < -0.4 is 5.73 Å². The molecule has 1 rings (SSSR count). The zero-order valence-electron chi connectivity index (χ0n) is 8.80. The summed E-state index contributed by atoms with van der Waals surface area (Å²) in [4.78, 5) is 0. The highest BCUT2D eigenvalue weighted by Crippen LogP contribution is 2.26. The number of ether oxygens (including phenoxy) is 1. The van der Waals surface area contributed by atoms with Crippen LogP contribution in [0.3, 0.4) is 0 Å². The Hall–Kier alpha value is -0.0800. The Kier molecular flexibility index (Phi) is 5.40. The molecule has 1 aliphatic carbocycles. The zero-order chi connectivity index (χ0) is 9.52. The number of rotatable bonds is 6. The zero-order valence-corrected chi connectivity index (χ0v) is 8.80. The molecule has 2 nitrogen and oxygen atoms in total. The van der Waals surface area contributed by atoms with Crippen molar-refractivity contribution in [2.45, 2.75) is 51.5 Å². The molecule has 1 saturated carbocycles. The molecule has 1 unspecified atom stereocenters. The van der Waals surface area contributed by atoms with Gasteiger partial charge in [0.2, 0.25) is 0 Å². The Morgan fingerprint density at radius 2 is 2.08 bits per heavy atom. The van der Waals surface area contributed by atoms with E-state index in [1.54, 1.807) is 0 Å². The lowest BCUT2D eigenvalue weighted by molar-refractivity contribution is 0.103. The van der Waals surface area contributed by atoms with Gasteiger partial charge in [0.05, 0.1) is 6.61 Å². The maximum atomic E-state index is 6.04. The third-order valence-electron chi connectivity index (χ3n) is 2.96. The van der Waals surface area contributed by atoms with Crippen molar-refractivity contribution in [1.29, 1.82) is 0 Å². The van der Waals surface area contributed by atoms with Gasteiger partial charge in [-0.15, -0.1) is 0 Å². The molecule has 0 bridgehead atoms. The molecule has 0 spiro atoms. The lowest BCUT2D eigenvalue weighted by atomic mass is 10.00. The van der Waals surface area contributed by atoms with Crippen molar-refractivity contribution in [1.82, 2.24) is 0 Å². The van der Waals surface area contributed by atoms with E-state index >= 15 is 0 Å². The van der Waals surface area contributed by atoms with Crippen molar-refractivity contribution in [2.75, 3.05) is 13.2 Å². The van der Waals surface area contributed by atoms with Gasteiger partial charge in [0.15, 0.2) is 0 Å². The molecule has 2 heteroatoms. The fraction of sp³-hybridized carbons (Fsp3) is 1.00. The molecule has 13 heavy (non-hydrogen) atoms. The second-order valence-corrected chi connectivity index (χ2v) is 4.14. The molecule has 1 atom stereocenters. The van der Waals surface area contributed by atoms with Crippen molar-refractivity contribution >= 4 is 0 Å². The van der Waals surface area contributed by atoms with Crippen LogP contribution >= 0.6 is 0 Å². The van der Waals surface area contributed by atoms with Crippen LogP contribution in [0.15, 0.2) is 0 Å². The second-order valence-electron chi connectivity index (χ2n) is 4.14. The van der Waals surface area contributed by atoms with Crippen molar-refractivity contribution in [2.24, 2.45) is 11.7 Å². The molecule has 0 aliphatic heterocycles. The first-order valence-corrected chi connectivity index (χ1v) is 5.68. The third kappa shape index (κ3) is 4.10. The number of unbranched alkanes of at least 4 members (excludes halogenated alkanes) is 1. The van der Waals surface area contributed by atoms with Gasteiger partial charge in [-0.3, -0.25) is 0 Å². The molecule has 2 N–H and O–H groups in total. The highest BCUT2D eigenvalue weighted by Gasteiger charge is 2.21. The number of hydrogen-bond acceptors (Lipinski definition) is 2. The number of hydrogen-bond donors (Lipinski definition) is 1. The predicted octanol–water partition coefficient (Wildman–Crippen LogP) is 2.32. The lowest BCUT2D eigenvalue weighted by Crippen LogP contribution is -2.33. The van der Waals surface area contributed by atoms with Gasteiger partial charge >= 0.3 is 0 Å². The molecule has 0 amide bonds. The van der Waals surface area contributed by atoms with Gasteiger partial charge < -0.3 is 10.5 Å². The van der Waals surface area contributed by atoms with E-state index in [0.717, 1.165) is 25.6 Å². The van der Waals surface area contributed by atoms with E-state index < -0.39 is 0 Å². The van der Waals surface area contributed by atoms with Crippen LogP contribution in [0.25, 0.3) is 0 Å². The lowest BCUT2D eigenvalue weighted by Gasteiger charge is -2.18. The van der Waals surface area contributed by atoms with Gasteiger partial charge in [0, 0.05) is 12.6 Å². The van der Waals surface area contributed by atoms with Gasteiger partial charge in [-0.2, -0.15) is 0 Å². The summed E-state index contributed by atoms with van der Waals surface area (Å²) in [5.74, 6) is 0.738. The van der Waals surface area contributed by atoms with E-state index in [1.807, 2.05) is 0 Å². The van der Waals surface area contributed by atoms with Crippen LogP contribution in [0.1, 0.15) is 45.4 Å². The molecule has 0 aromatic rings. The molecular formula is C11H23NO.